The smallest absolute Gasteiger partial charge is 0.335 e. The van der Waals surface area contributed by atoms with E-state index in [0.717, 1.165) is 6.42 Å². The number of nitrogens with one attached hydrogen (secondary N) is 1. The minimum Gasteiger partial charge on any atom is -0.478 e. The fourth-order valence-corrected chi connectivity index (χ4v) is 3.33. The zero-order valence-electron chi connectivity index (χ0n) is 14.2. The Labute approximate surface area is 149 Å². The van der Waals surface area contributed by atoms with Gasteiger partial charge in [0.15, 0.2) is 0 Å². The summed E-state index contributed by atoms with van der Waals surface area (Å²) in [6, 6.07) is 13.8. The SMILES string of the molecule is CCc1ccc(NC(=O)C(C)S(=O)Cc2cccc(C(=O)O)c2)cc1. The molecule has 0 aliphatic rings. The highest BCUT2D eigenvalue weighted by Gasteiger charge is 2.20. The van der Waals surface area contributed by atoms with Gasteiger partial charge < -0.3 is 10.4 Å². The molecule has 6 heteroatoms. The Morgan fingerprint density at radius 3 is 2.40 bits per heavy atom. The lowest BCUT2D eigenvalue weighted by molar-refractivity contribution is -0.115. The molecule has 2 aromatic carbocycles. The van der Waals surface area contributed by atoms with Crippen molar-refractivity contribution in [3.05, 3.63) is 65.2 Å². The first-order valence-electron chi connectivity index (χ1n) is 8.00. The van der Waals surface area contributed by atoms with E-state index in [1.165, 1.54) is 17.7 Å². The van der Waals surface area contributed by atoms with Gasteiger partial charge in [0.2, 0.25) is 5.91 Å². The molecule has 0 aliphatic carbocycles. The molecule has 5 nitrogen and oxygen atoms in total. The molecule has 0 aliphatic heterocycles. The number of carboxylic acid groups (broad SMARTS) is 1. The van der Waals surface area contributed by atoms with Crippen LogP contribution in [0.3, 0.4) is 0 Å². The van der Waals surface area contributed by atoms with Crippen LogP contribution in [0, 0.1) is 0 Å². The van der Waals surface area contributed by atoms with E-state index in [-0.39, 0.29) is 17.2 Å². The fraction of sp³-hybridized carbons (Fsp3) is 0.263. The van der Waals surface area contributed by atoms with E-state index >= 15 is 0 Å². The van der Waals surface area contributed by atoms with Crippen LogP contribution in [0.1, 0.15) is 35.3 Å². The van der Waals surface area contributed by atoms with Gasteiger partial charge in [0.05, 0.1) is 5.56 Å². The van der Waals surface area contributed by atoms with Gasteiger partial charge in [0, 0.05) is 22.2 Å². The molecule has 2 rings (SSSR count). The lowest BCUT2D eigenvalue weighted by atomic mass is 10.1. The Kier molecular flexibility index (Phi) is 6.47. The van der Waals surface area contributed by atoms with Gasteiger partial charge in [0.1, 0.15) is 5.25 Å². The Morgan fingerprint density at radius 2 is 1.80 bits per heavy atom. The maximum atomic E-state index is 12.4. The van der Waals surface area contributed by atoms with Crippen LogP contribution in [0.2, 0.25) is 0 Å². The molecule has 25 heavy (non-hydrogen) atoms. The molecule has 0 saturated heterocycles. The largest absolute Gasteiger partial charge is 0.478 e. The number of carboxylic acids is 1. The number of amides is 1. The molecule has 0 heterocycles. The van der Waals surface area contributed by atoms with Crippen molar-refractivity contribution in [3.63, 3.8) is 0 Å². The maximum Gasteiger partial charge on any atom is 0.335 e. The summed E-state index contributed by atoms with van der Waals surface area (Å²) in [5.41, 5.74) is 2.61. The first-order valence-corrected chi connectivity index (χ1v) is 9.38. The number of rotatable bonds is 7. The van der Waals surface area contributed by atoms with E-state index in [2.05, 4.69) is 12.2 Å². The van der Waals surface area contributed by atoms with Gasteiger partial charge >= 0.3 is 5.97 Å². The second kappa shape index (κ2) is 8.58. The summed E-state index contributed by atoms with van der Waals surface area (Å²) in [4.78, 5) is 23.3. The van der Waals surface area contributed by atoms with Gasteiger partial charge in [-0.05, 0) is 48.7 Å². The average Bonchev–Trinajstić information content (AvgIpc) is 2.61. The highest BCUT2D eigenvalue weighted by Crippen LogP contribution is 2.14. The highest BCUT2D eigenvalue weighted by molar-refractivity contribution is 7.85. The standard InChI is InChI=1S/C19H21NO4S/c1-3-14-7-9-17(10-8-14)20-18(21)13(2)25(24)12-15-5-4-6-16(11-15)19(22)23/h4-11,13H,3,12H2,1-2H3,(H,20,21)(H,22,23). The lowest BCUT2D eigenvalue weighted by Crippen LogP contribution is -2.29. The molecular weight excluding hydrogens is 338 g/mol. The van der Waals surface area contributed by atoms with Gasteiger partial charge in [-0.2, -0.15) is 0 Å². The third-order valence-corrected chi connectivity index (χ3v) is 5.50. The molecule has 0 saturated carbocycles. The minimum absolute atomic E-state index is 0.129. The van der Waals surface area contributed by atoms with Crippen LogP contribution < -0.4 is 5.32 Å². The lowest BCUT2D eigenvalue weighted by Gasteiger charge is -2.13. The Bertz CT molecular complexity index is 786. The van der Waals surface area contributed by atoms with Gasteiger partial charge in [-0.1, -0.05) is 31.2 Å². The van der Waals surface area contributed by atoms with E-state index < -0.39 is 22.0 Å². The second-order valence-corrected chi connectivity index (χ2v) is 7.47. The van der Waals surface area contributed by atoms with E-state index in [1.54, 1.807) is 19.1 Å². The number of anilines is 1. The molecule has 0 radical (unpaired) electrons. The van der Waals surface area contributed by atoms with Crippen molar-refractivity contribution in [2.75, 3.05) is 5.32 Å². The molecule has 2 atom stereocenters. The summed E-state index contributed by atoms with van der Waals surface area (Å²) in [5.74, 6) is -1.23. The first-order chi connectivity index (χ1) is 11.9. The Balaban J connectivity index is 1.99. The third-order valence-electron chi connectivity index (χ3n) is 3.88. The molecule has 0 fully saturated rings. The van der Waals surface area contributed by atoms with Crippen molar-refractivity contribution in [1.29, 1.82) is 0 Å². The predicted octanol–water partition coefficient (Wildman–Crippen LogP) is 3.22. The second-order valence-electron chi connectivity index (χ2n) is 5.71. The number of carbonyl (C=O) groups excluding carboxylic acids is 1. The maximum absolute atomic E-state index is 12.4. The number of benzene rings is 2. The van der Waals surface area contributed by atoms with Crippen molar-refractivity contribution in [2.24, 2.45) is 0 Å². The van der Waals surface area contributed by atoms with Gasteiger partial charge in [-0.25, -0.2) is 4.79 Å². The predicted molar refractivity (Wildman–Crippen MR) is 99.2 cm³/mol. The molecule has 132 valence electrons. The number of hydrogen-bond donors (Lipinski definition) is 2. The molecule has 0 bridgehead atoms. The Hall–Kier alpha value is -2.47. The van der Waals surface area contributed by atoms with Crippen molar-refractivity contribution in [1.82, 2.24) is 0 Å². The molecule has 0 spiro atoms. The normalized spacial score (nSPS) is 13.0. The first kappa shape index (κ1) is 18.9. The summed E-state index contributed by atoms with van der Waals surface area (Å²) in [6.45, 7) is 3.66. The number of aromatic carboxylic acids is 1. The number of carbonyl (C=O) groups is 2. The van der Waals surface area contributed by atoms with Crippen LogP contribution >= 0.6 is 0 Å². The number of hydrogen-bond acceptors (Lipinski definition) is 3. The van der Waals surface area contributed by atoms with Crippen LogP contribution in [0.25, 0.3) is 0 Å². The highest BCUT2D eigenvalue weighted by atomic mass is 32.2. The van der Waals surface area contributed by atoms with Crippen LogP contribution in [-0.4, -0.2) is 26.4 Å². The van der Waals surface area contributed by atoms with Crippen LogP contribution in [-0.2, 0) is 27.8 Å². The van der Waals surface area contributed by atoms with Crippen molar-refractivity contribution in [2.45, 2.75) is 31.3 Å². The zero-order chi connectivity index (χ0) is 18.4. The fourth-order valence-electron chi connectivity index (χ4n) is 2.27. The number of aryl methyl sites for hydroxylation is 1. The monoisotopic (exact) mass is 359 g/mol. The topological polar surface area (TPSA) is 83.5 Å². The molecule has 2 N–H and O–H groups in total. The molecule has 2 aromatic rings. The zero-order valence-corrected chi connectivity index (χ0v) is 15.0. The third kappa shape index (κ3) is 5.26. The summed E-state index contributed by atoms with van der Waals surface area (Å²) < 4.78 is 12.4. The van der Waals surface area contributed by atoms with Crippen LogP contribution in [0.15, 0.2) is 48.5 Å². The molecule has 1 amide bonds. The quantitative estimate of drug-likeness (QED) is 0.795. The Morgan fingerprint density at radius 1 is 1.12 bits per heavy atom. The van der Waals surface area contributed by atoms with Gasteiger partial charge in [0.25, 0.3) is 0 Å². The molecule has 2 unspecified atom stereocenters. The molecular formula is C19H21NO4S. The van der Waals surface area contributed by atoms with E-state index in [9.17, 15) is 13.8 Å². The minimum atomic E-state index is -1.45. The van der Waals surface area contributed by atoms with Crippen molar-refractivity contribution < 1.29 is 18.9 Å². The van der Waals surface area contributed by atoms with Crippen molar-refractivity contribution in [3.8, 4) is 0 Å². The average molecular weight is 359 g/mol. The van der Waals surface area contributed by atoms with Crippen LogP contribution in [0.4, 0.5) is 5.69 Å². The summed E-state index contributed by atoms with van der Waals surface area (Å²) >= 11 is 0. The van der Waals surface area contributed by atoms with Gasteiger partial charge in [-0.3, -0.25) is 9.00 Å². The van der Waals surface area contributed by atoms with Gasteiger partial charge in [-0.15, -0.1) is 0 Å². The van der Waals surface area contributed by atoms with E-state index in [1.807, 2.05) is 24.3 Å². The van der Waals surface area contributed by atoms with E-state index in [4.69, 9.17) is 5.11 Å². The summed E-state index contributed by atoms with van der Waals surface area (Å²) in [5, 5.41) is 11.1. The molecule has 0 aromatic heterocycles. The van der Waals surface area contributed by atoms with Crippen LogP contribution in [0.5, 0.6) is 0 Å². The summed E-state index contributed by atoms with van der Waals surface area (Å²) in [7, 11) is -1.45. The van der Waals surface area contributed by atoms with E-state index in [0.29, 0.717) is 11.3 Å². The summed E-state index contributed by atoms with van der Waals surface area (Å²) in [6.07, 6.45) is 0.921. The van der Waals surface area contributed by atoms with Crippen molar-refractivity contribution >= 4 is 28.4 Å².